The topological polar surface area (TPSA) is 102 Å². The van der Waals surface area contributed by atoms with Crippen LogP contribution in [0.15, 0.2) is 124 Å². The number of H-pyrrole nitrogens is 1. The predicted octanol–water partition coefficient (Wildman–Crippen LogP) is 3.80. The molecule has 0 spiro atoms. The van der Waals surface area contributed by atoms with Crippen LogP contribution in [-0.2, 0) is 0 Å². The molecule has 1 aromatic heterocycles. The van der Waals surface area contributed by atoms with Gasteiger partial charge in [-0.15, -0.1) is 0 Å². The van der Waals surface area contributed by atoms with Crippen molar-refractivity contribution in [2.24, 2.45) is 9.98 Å². The molecule has 230 valence electrons. The van der Waals surface area contributed by atoms with Crippen molar-refractivity contribution in [2.75, 3.05) is 26.4 Å². The third kappa shape index (κ3) is 5.36. The minimum Gasteiger partial charge on any atom is -0.493 e. The van der Waals surface area contributed by atoms with Crippen molar-refractivity contribution >= 4 is 28.6 Å². The molecule has 1 fully saturated rings. The second kappa shape index (κ2) is 12.0. The van der Waals surface area contributed by atoms with E-state index < -0.39 is 0 Å². The maximum Gasteiger partial charge on any atom is 0.119 e. The quantitative estimate of drug-likeness (QED) is 0.240. The minimum absolute atomic E-state index is 0.0964. The number of aliphatic hydroxyl groups is 2. The summed E-state index contributed by atoms with van der Waals surface area (Å²) in [4.78, 5) is 16.2. The molecule has 0 aliphatic carbocycles. The summed E-state index contributed by atoms with van der Waals surface area (Å²) in [6.07, 6.45) is 16.1. The van der Waals surface area contributed by atoms with E-state index in [0.717, 1.165) is 73.0 Å². The Labute approximate surface area is 266 Å². The Morgan fingerprint density at radius 2 is 1.46 bits per heavy atom. The Morgan fingerprint density at radius 3 is 2.20 bits per heavy atom. The van der Waals surface area contributed by atoms with Gasteiger partial charge in [0.25, 0.3) is 0 Å². The highest BCUT2D eigenvalue weighted by Crippen LogP contribution is 2.51. The molecule has 8 rings (SSSR count). The average molecular weight is 611 g/mol. The van der Waals surface area contributed by atoms with Crippen LogP contribution < -0.4 is 20.2 Å². The number of fused-ring (bicyclic) bond motifs is 5. The molecule has 5 aliphatic heterocycles. The zero-order valence-corrected chi connectivity index (χ0v) is 25.3. The number of allylic oxidation sites excluding steroid dienone is 5. The van der Waals surface area contributed by atoms with Crippen LogP contribution in [0, 0.1) is 0 Å². The second-order valence-electron chi connectivity index (χ2n) is 11.7. The summed E-state index contributed by atoms with van der Waals surface area (Å²) in [7, 11) is 0. The Kier molecular flexibility index (Phi) is 7.36. The highest BCUT2D eigenvalue weighted by atomic mass is 16.5. The SMILES string of the molecule is OCCCOc1cccc(C2=C3C=CC(=N3)C=c3cc/c([nH]3)=C(\c3cccc(OCCCO)c3)C3=N/C(=C\C4C5C=C2N54)C=C3)c1. The predicted molar refractivity (Wildman–Crippen MR) is 180 cm³/mol. The van der Waals surface area contributed by atoms with Gasteiger partial charge in [0.15, 0.2) is 0 Å². The maximum atomic E-state index is 9.19. The number of aliphatic hydroxyl groups excluding tert-OH is 2. The van der Waals surface area contributed by atoms with E-state index >= 15 is 0 Å². The van der Waals surface area contributed by atoms with Crippen LogP contribution in [0.3, 0.4) is 0 Å². The molecule has 8 heteroatoms. The highest BCUT2D eigenvalue weighted by Gasteiger charge is 2.54. The van der Waals surface area contributed by atoms with Crippen molar-refractivity contribution in [3.05, 3.63) is 136 Å². The average Bonchev–Trinajstić information content (AvgIpc) is 3.60. The fourth-order valence-corrected chi connectivity index (χ4v) is 6.37. The van der Waals surface area contributed by atoms with Crippen molar-refractivity contribution in [1.29, 1.82) is 0 Å². The summed E-state index contributed by atoms with van der Waals surface area (Å²) in [5.41, 5.74) is 8.86. The van der Waals surface area contributed by atoms with Crippen LogP contribution in [0.4, 0.5) is 0 Å². The molecule has 6 bridgehead atoms. The standard InChI is InChI=1S/C38H34N4O4/c43-15-3-17-45-29-7-1-5-24(19-29)37-31-12-9-26(39-31)21-27-10-14-33(40-27)38(25-6-2-8-30(20-25)46-18-4-16-44)36-23-35-34(42(35)36)22-28-11-13-32(37)41-28/h1-2,5-14,19-23,34-35,39,43-44H,3-4,15-18H2/b26-21?,28-22-,37-31-,38-33?. The van der Waals surface area contributed by atoms with Crippen molar-refractivity contribution in [3.63, 3.8) is 0 Å². The summed E-state index contributed by atoms with van der Waals surface area (Å²) >= 11 is 0. The number of aromatic nitrogens is 1. The number of benzene rings is 2. The zero-order chi connectivity index (χ0) is 31.0. The zero-order valence-electron chi connectivity index (χ0n) is 25.3. The number of hydrogen-bond acceptors (Lipinski definition) is 7. The van der Waals surface area contributed by atoms with E-state index in [0.29, 0.717) is 32.1 Å². The van der Waals surface area contributed by atoms with Gasteiger partial charge >= 0.3 is 0 Å². The van der Waals surface area contributed by atoms with E-state index in [1.807, 2.05) is 30.3 Å². The van der Waals surface area contributed by atoms with Gasteiger partial charge in [-0.1, -0.05) is 24.3 Å². The molecule has 1 saturated heterocycles. The normalized spacial score (nSPS) is 22.7. The molecule has 0 radical (unpaired) electrons. The van der Waals surface area contributed by atoms with Gasteiger partial charge in [-0.2, -0.15) is 0 Å². The van der Waals surface area contributed by atoms with E-state index in [1.165, 1.54) is 0 Å². The molecule has 3 N–H and O–H groups in total. The second-order valence-corrected chi connectivity index (χ2v) is 11.7. The number of hydrogen-bond donors (Lipinski definition) is 3. The lowest BCUT2D eigenvalue weighted by atomic mass is 9.97. The first-order chi connectivity index (χ1) is 22.7. The molecule has 5 aliphatic rings. The first kappa shape index (κ1) is 28.3. The smallest absolute Gasteiger partial charge is 0.119 e. The van der Waals surface area contributed by atoms with Crippen LogP contribution in [0.2, 0.25) is 0 Å². The summed E-state index contributed by atoms with van der Waals surface area (Å²) in [5.74, 6) is 1.53. The van der Waals surface area contributed by atoms with Gasteiger partial charge in [-0.05, 0) is 90.1 Å². The molecule has 46 heavy (non-hydrogen) atoms. The van der Waals surface area contributed by atoms with E-state index in [9.17, 15) is 10.2 Å². The van der Waals surface area contributed by atoms with E-state index in [-0.39, 0.29) is 19.3 Å². The number of aromatic amines is 1. The molecular formula is C38H34N4O4. The van der Waals surface area contributed by atoms with E-state index in [2.05, 4.69) is 82.7 Å². The van der Waals surface area contributed by atoms with Gasteiger partial charge in [0.05, 0.1) is 48.1 Å². The van der Waals surface area contributed by atoms with Gasteiger partial charge < -0.3 is 29.6 Å². The highest BCUT2D eigenvalue weighted by molar-refractivity contribution is 6.30. The molecule has 2 unspecified atom stereocenters. The summed E-state index contributed by atoms with van der Waals surface area (Å²) in [5, 5.41) is 20.3. The number of aliphatic imine (C=N–C) groups is 2. The lowest BCUT2D eigenvalue weighted by molar-refractivity contribution is 0.233. The minimum atomic E-state index is 0.0964. The largest absolute Gasteiger partial charge is 0.493 e. The number of ether oxygens (including phenoxy) is 2. The first-order valence-electron chi connectivity index (χ1n) is 15.8. The molecule has 8 nitrogen and oxygen atoms in total. The molecular weight excluding hydrogens is 576 g/mol. The Hall–Kier alpha value is -5.18. The van der Waals surface area contributed by atoms with Crippen molar-refractivity contribution in [2.45, 2.75) is 24.9 Å². The van der Waals surface area contributed by atoms with Crippen LogP contribution >= 0.6 is 0 Å². The fraction of sp³-hybridized carbons (Fsp3) is 0.211. The van der Waals surface area contributed by atoms with Crippen molar-refractivity contribution in [1.82, 2.24) is 9.88 Å². The van der Waals surface area contributed by atoms with Gasteiger partial charge in [0, 0.05) is 53.6 Å². The van der Waals surface area contributed by atoms with Crippen LogP contribution in [-0.4, -0.2) is 70.0 Å². The first-order valence-corrected chi connectivity index (χ1v) is 15.8. The Balaban J connectivity index is 1.23. The summed E-state index contributed by atoms with van der Waals surface area (Å²) < 4.78 is 11.8. The lowest BCUT2D eigenvalue weighted by Gasteiger charge is -2.22. The molecule has 6 heterocycles. The third-order valence-corrected chi connectivity index (χ3v) is 8.61. The number of rotatable bonds is 10. The van der Waals surface area contributed by atoms with Crippen LogP contribution in [0.25, 0.3) is 17.2 Å². The van der Waals surface area contributed by atoms with E-state index in [4.69, 9.17) is 19.5 Å². The van der Waals surface area contributed by atoms with Gasteiger partial charge in [0.2, 0.25) is 0 Å². The monoisotopic (exact) mass is 610 g/mol. The van der Waals surface area contributed by atoms with Crippen LogP contribution in [0.1, 0.15) is 24.0 Å². The van der Waals surface area contributed by atoms with Crippen molar-refractivity contribution in [3.8, 4) is 11.5 Å². The maximum absolute atomic E-state index is 9.19. The molecule has 0 saturated carbocycles. The van der Waals surface area contributed by atoms with Crippen molar-refractivity contribution < 1.29 is 19.7 Å². The Morgan fingerprint density at radius 1 is 0.739 bits per heavy atom. The number of nitrogens with one attached hydrogen (secondary N) is 1. The molecule has 0 amide bonds. The lowest BCUT2D eigenvalue weighted by Crippen LogP contribution is -2.18. The van der Waals surface area contributed by atoms with E-state index in [1.54, 1.807) is 0 Å². The Bertz CT molecular complexity index is 2060. The van der Waals surface area contributed by atoms with Gasteiger partial charge in [0.1, 0.15) is 11.5 Å². The molecule has 3 aromatic rings. The fourth-order valence-electron chi connectivity index (χ4n) is 6.37. The molecule has 2 aromatic carbocycles. The van der Waals surface area contributed by atoms with Gasteiger partial charge in [-0.25, -0.2) is 9.98 Å². The summed E-state index contributed by atoms with van der Waals surface area (Å²) in [6.45, 7) is 1.12. The molecule has 2 atom stereocenters. The number of nitrogens with zero attached hydrogens (tertiary/aromatic N) is 3. The van der Waals surface area contributed by atoms with Crippen LogP contribution in [0.5, 0.6) is 11.5 Å². The summed E-state index contributed by atoms with van der Waals surface area (Å²) in [6, 6.07) is 20.9. The van der Waals surface area contributed by atoms with Gasteiger partial charge in [-0.3, -0.25) is 0 Å². The third-order valence-electron chi connectivity index (χ3n) is 8.61.